The van der Waals surface area contributed by atoms with Crippen LogP contribution in [-0.2, 0) is 17.8 Å². The van der Waals surface area contributed by atoms with Crippen LogP contribution in [0.15, 0.2) is 12.1 Å². The molecule has 1 aliphatic heterocycles. The van der Waals surface area contributed by atoms with Gasteiger partial charge in [0.05, 0.1) is 0 Å². The summed E-state index contributed by atoms with van der Waals surface area (Å²) in [5, 5.41) is 0. The van der Waals surface area contributed by atoms with Crippen LogP contribution in [0.4, 0.5) is 0 Å². The molecular formula is C17H25NOS. The van der Waals surface area contributed by atoms with Crippen LogP contribution >= 0.6 is 11.3 Å². The molecule has 2 atom stereocenters. The second-order valence-corrected chi connectivity index (χ2v) is 7.47. The second-order valence-electron chi connectivity index (χ2n) is 6.22. The Balaban J connectivity index is 1.67. The van der Waals surface area contributed by atoms with Gasteiger partial charge in [-0.2, -0.15) is 0 Å². The molecule has 0 bridgehead atoms. The van der Waals surface area contributed by atoms with Gasteiger partial charge < -0.3 is 0 Å². The van der Waals surface area contributed by atoms with Crippen molar-refractivity contribution in [2.75, 3.05) is 6.54 Å². The summed E-state index contributed by atoms with van der Waals surface area (Å²) in [7, 11) is 0. The Hall–Kier alpha value is -0.670. The Morgan fingerprint density at radius 1 is 1.20 bits per heavy atom. The summed E-state index contributed by atoms with van der Waals surface area (Å²) >= 11 is 1.94. The summed E-state index contributed by atoms with van der Waals surface area (Å²) < 4.78 is 0. The molecule has 3 heteroatoms. The number of nitrogens with zero attached hydrogens (tertiary/aromatic N) is 1. The summed E-state index contributed by atoms with van der Waals surface area (Å²) in [6.45, 7) is 4.45. The van der Waals surface area contributed by atoms with Crippen LogP contribution in [0.5, 0.6) is 0 Å². The van der Waals surface area contributed by atoms with Gasteiger partial charge >= 0.3 is 0 Å². The minimum absolute atomic E-state index is 0.330. The van der Waals surface area contributed by atoms with Crippen molar-refractivity contribution in [2.24, 2.45) is 5.92 Å². The highest BCUT2D eigenvalue weighted by atomic mass is 32.1. The molecule has 20 heavy (non-hydrogen) atoms. The zero-order chi connectivity index (χ0) is 13.9. The molecule has 1 aromatic heterocycles. The quantitative estimate of drug-likeness (QED) is 0.834. The van der Waals surface area contributed by atoms with Crippen LogP contribution in [0.1, 0.15) is 55.2 Å². The van der Waals surface area contributed by atoms with E-state index in [0.717, 1.165) is 32.2 Å². The van der Waals surface area contributed by atoms with Crippen molar-refractivity contribution in [3.8, 4) is 0 Å². The predicted molar refractivity (Wildman–Crippen MR) is 84.1 cm³/mol. The van der Waals surface area contributed by atoms with E-state index >= 15 is 0 Å². The number of carbonyl (C=O) groups is 1. The summed E-state index contributed by atoms with van der Waals surface area (Å²) in [5.41, 5.74) is 0. The Kier molecular flexibility index (Phi) is 4.57. The lowest BCUT2D eigenvalue weighted by molar-refractivity contribution is -0.126. The Labute approximate surface area is 126 Å². The monoisotopic (exact) mass is 291 g/mol. The molecule has 1 aromatic rings. The van der Waals surface area contributed by atoms with Gasteiger partial charge in [-0.05, 0) is 50.8 Å². The maximum absolute atomic E-state index is 12.2. The Morgan fingerprint density at radius 3 is 2.80 bits per heavy atom. The minimum atomic E-state index is 0.330. The SMILES string of the molecule is CCc1ccc(CN2CCCC2C2CCCCC2=O)s1. The molecule has 2 fully saturated rings. The fourth-order valence-corrected chi connectivity index (χ4v) is 4.80. The molecule has 0 radical (unpaired) electrons. The molecule has 110 valence electrons. The first-order valence-corrected chi connectivity index (χ1v) is 8.94. The number of likely N-dealkylation sites (tertiary alicyclic amines) is 1. The molecule has 2 unspecified atom stereocenters. The van der Waals surface area contributed by atoms with Gasteiger partial charge in [0.15, 0.2) is 0 Å². The van der Waals surface area contributed by atoms with E-state index in [9.17, 15) is 4.79 Å². The zero-order valence-electron chi connectivity index (χ0n) is 12.4. The fourth-order valence-electron chi connectivity index (χ4n) is 3.82. The first kappa shape index (κ1) is 14.3. The molecule has 1 saturated heterocycles. The summed E-state index contributed by atoms with van der Waals surface area (Å²) in [6, 6.07) is 5.06. The fraction of sp³-hybridized carbons (Fsp3) is 0.706. The van der Waals surface area contributed by atoms with Crippen molar-refractivity contribution in [3.63, 3.8) is 0 Å². The van der Waals surface area contributed by atoms with Gasteiger partial charge in [0.25, 0.3) is 0 Å². The second kappa shape index (κ2) is 6.40. The molecule has 2 aliphatic rings. The molecule has 2 heterocycles. The van der Waals surface area contributed by atoms with Gasteiger partial charge in [0.2, 0.25) is 0 Å². The predicted octanol–water partition coefficient (Wildman–Crippen LogP) is 4.03. The normalized spacial score (nSPS) is 28.1. The van der Waals surface area contributed by atoms with E-state index in [1.807, 2.05) is 11.3 Å². The summed E-state index contributed by atoms with van der Waals surface area (Å²) in [6.07, 6.45) is 7.95. The number of aryl methyl sites for hydroxylation is 1. The van der Waals surface area contributed by atoms with Gasteiger partial charge in [0.1, 0.15) is 5.78 Å². The Bertz CT molecular complexity index is 467. The van der Waals surface area contributed by atoms with Crippen molar-refractivity contribution < 1.29 is 4.79 Å². The molecule has 0 spiro atoms. The highest BCUT2D eigenvalue weighted by molar-refractivity contribution is 7.11. The highest BCUT2D eigenvalue weighted by Gasteiger charge is 2.36. The van der Waals surface area contributed by atoms with Crippen molar-refractivity contribution >= 4 is 17.1 Å². The number of hydrogen-bond donors (Lipinski definition) is 0. The average Bonchev–Trinajstić information content (AvgIpc) is 3.09. The van der Waals surface area contributed by atoms with Crippen molar-refractivity contribution in [1.82, 2.24) is 4.90 Å². The first-order chi connectivity index (χ1) is 9.78. The molecule has 1 aliphatic carbocycles. The molecular weight excluding hydrogens is 266 g/mol. The van der Waals surface area contributed by atoms with Gasteiger partial charge in [-0.1, -0.05) is 13.3 Å². The maximum Gasteiger partial charge on any atom is 0.137 e. The molecule has 0 N–H and O–H groups in total. The third-order valence-electron chi connectivity index (χ3n) is 4.91. The van der Waals surface area contributed by atoms with Gasteiger partial charge in [-0.25, -0.2) is 0 Å². The third kappa shape index (κ3) is 2.99. The largest absolute Gasteiger partial charge is 0.299 e. The lowest BCUT2D eigenvalue weighted by atomic mass is 9.82. The standard InChI is InChI=1S/C17H25NOS/c1-2-13-9-10-14(20-13)12-18-11-5-7-16(18)15-6-3-4-8-17(15)19/h9-10,15-16H,2-8,11-12H2,1H3. The first-order valence-electron chi connectivity index (χ1n) is 8.12. The molecule has 1 saturated carbocycles. The van der Waals surface area contributed by atoms with E-state index in [4.69, 9.17) is 0 Å². The van der Waals surface area contributed by atoms with E-state index < -0.39 is 0 Å². The number of Topliss-reactive ketones (excluding diaryl/α,β-unsaturated/α-hetero) is 1. The van der Waals surface area contributed by atoms with Crippen LogP contribution in [0, 0.1) is 5.92 Å². The summed E-state index contributed by atoms with van der Waals surface area (Å²) in [4.78, 5) is 17.7. The zero-order valence-corrected chi connectivity index (χ0v) is 13.3. The smallest absolute Gasteiger partial charge is 0.137 e. The van der Waals surface area contributed by atoms with Crippen LogP contribution in [-0.4, -0.2) is 23.3 Å². The van der Waals surface area contributed by atoms with Crippen LogP contribution in [0.2, 0.25) is 0 Å². The van der Waals surface area contributed by atoms with E-state index in [0.29, 0.717) is 17.7 Å². The third-order valence-corrected chi connectivity index (χ3v) is 6.12. The van der Waals surface area contributed by atoms with Crippen LogP contribution in [0.25, 0.3) is 0 Å². The average molecular weight is 291 g/mol. The molecule has 0 amide bonds. The van der Waals surface area contributed by atoms with Gasteiger partial charge in [0, 0.05) is 34.7 Å². The molecule has 0 aromatic carbocycles. The van der Waals surface area contributed by atoms with Gasteiger partial charge in [-0.15, -0.1) is 11.3 Å². The number of thiophene rings is 1. The minimum Gasteiger partial charge on any atom is -0.299 e. The summed E-state index contributed by atoms with van der Waals surface area (Å²) in [5.74, 6) is 0.866. The number of ketones is 1. The Morgan fingerprint density at radius 2 is 2.05 bits per heavy atom. The number of rotatable bonds is 4. The lowest BCUT2D eigenvalue weighted by Crippen LogP contribution is -2.40. The van der Waals surface area contributed by atoms with E-state index in [-0.39, 0.29) is 0 Å². The molecule has 3 rings (SSSR count). The maximum atomic E-state index is 12.2. The van der Waals surface area contributed by atoms with Crippen molar-refractivity contribution in [2.45, 2.75) is 64.5 Å². The van der Waals surface area contributed by atoms with Crippen LogP contribution < -0.4 is 0 Å². The van der Waals surface area contributed by atoms with Crippen molar-refractivity contribution in [1.29, 1.82) is 0 Å². The van der Waals surface area contributed by atoms with Crippen LogP contribution in [0.3, 0.4) is 0 Å². The number of carbonyl (C=O) groups excluding carboxylic acids is 1. The lowest BCUT2D eigenvalue weighted by Gasteiger charge is -2.32. The highest BCUT2D eigenvalue weighted by Crippen LogP contribution is 2.34. The van der Waals surface area contributed by atoms with E-state index in [1.165, 1.54) is 35.6 Å². The van der Waals surface area contributed by atoms with E-state index in [2.05, 4.69) is 24.0 Å². The number of hydrogen-bond acceptors (Lipinski definition) is 3. The van der Waals surface area contributed by atoms with Crippen molar-refractivity contribution in [3.05, 3.63) is 21.9 Å². The van der Waals surface area contributed by atoms with E-state index in [1.54, 1.807) is 0 Å². The topological polar surface area (TPSA) is 20.3 Å². The van der Waals surface area contributed by atoms with Gasteiger partial charge in [-0.3, -0.25) is 9.69 Å². The molecule has 2 nitrogen and oxygen atoms in total.